The average Bonchev–Trinajstić information content (AvgIpc) is 2.90. The van der Waals surface area contributed by atoms with Gasteiger partial charge in [0.25, 0.3) is 5.91 Å². The molecule has 116 valence electrons. The van der Waals surface area contributed by atoms with Gasteiger partial charge in [-0.25, -0.2) is 4.99 Å². The lowest BCUT2D eigenvalue weighted by molar-refractivity contribution is -0.115. The minimum absolute atomic E-state index is 0.141. The highest BCUT2D eigenvalue weighted by molar-refractivity contribution is 9.10. The molecule has 6 heteroatoms. The van der Waals surface area contributed by atoms with E-state index in [1.165, 1.54) is 11.8 Å². The molecule has 1 heterocycles. The third-order valence-corrected chi connectivity index (χ3v) is 4.78. The summed E-state index contributed by atoms with van der Waals surface area (Å²) in [5.41, 5.74) is 1.71. The highest BCUT2D eigenvalue weighted by atomic mass is 79.9. The summed E-state index contributed by atoms with van der Waals surface area (Å²) in [6.07, 6.45) is 1.85. The lowest BCUT2D eigenvalue weighted by Crippen LogP contribution is -2.19. The molecule has 1 aliphatic heterocycles. The maximum absolute atomic E-state index is 12.1. The smallest absolute Gasteiger partial charge is 0.264 e. The molecule has 1 saturated heterocycles. The first-order valence-corrected chi connectivity index (χ1v) is 8.45. The van der Waals surface area contributed by atoms with Gasteiger partial charge in [0, 0.05) is 4.47 Å². The zero-order valence-corrected chi connectivity index (χ0v) is 14.6. The minimum atomic E-state index is -0.141. The normalized spacial score (nSPS) is 17.6. The second-order valence-electron chi connectivity index (χ2n) is 4.70. The number of amides is 1. The van der Waals surface area contributed by atoms with Crippen molar-refractivity contribution in [1.29, 1.82) is 0 Å². The van der Waals surface area contributed by atoms with Crippen molar-refractivity contribution >= 4 is 50.5 Å². The molecular weight excluding hydrogens is 376 g/mol. The highest BCUT2D eigenvalue weighted by Gasteiger charge is 2.23. The Morgan fingerprint density at radius 1 is 1.17 bits per heavy atom. The van der Waals surface area contributed by atoms with E-state index < -0.39 is 0 Å². The van der Waals surface area contributed by atoms with Crippen molar-refractivity contribution in [3.8, 4) is 5.75 Å². The van der Waals surface area contributed by atoms with Crippen LogP contribution in [0.1, 0.15) is 5.56 Å². The molecule has 4 nitrogen and oxygen atoms in total. The number of hydrogen-bond acceptors (Lipinski definition) is 4. The van der Waals surface area contributed by atoms with E-state index in [1.807, 2.05) is 54.6 Å². The summed E-state index contributed by atoms with van der Waals surface area (Å²) >= 11 is 4.80. The van der Waals surface area contributed by atoms with Crippen molar-refractivity contribution < 1.29 is 9.53 Å². The molecule has 0 unspecified atom stereocenters. The standard InChI is InChI=1S/C17H13BrN2O2S/c1-22-13-8-6-12(7-9-13)19-17-20-16(21)15(23-17)10-11-4-2-3-5-14(11)18/h2-10H,1H3,(H,19,20,21)/b15-10+. The largest absolute Gasteiger partial charge is 0.497 e. The van der Waals surface area contributed by atoms with Gasteiger partial charge in [-0.1, -0.05) is 34.1 Å². The summed E-state index contributed by atoms with van der Waals surface area (Å²) in [4.78, 5) is 17.1. The number of nitrogens with zero attached hydrogens (tertiary/aromatic N) is 1. The predicted molar refractivity (Wildman–Crippen MR) is 97.9 cm³/mol. The molecule has 0 bridgehead atoms. The average molecular weight is 389 g/mol. The Hall–Kier alpha value is -2.05. The topological polar surface area (TPSA) is 50.7 Å². The SMILES string of the molecule is COc1ccc(N=C2NC(=O)/C(=C\c3ccccc3Br)S2)cc1. The summed E-state index contributed by atoms with van der Waals surface area (Å²) in [7, 11) is 1.62. The van der Waals surface area contributed by atoms with E-state index in [9.17, 15) is 4.79 Å². The molecule has 0 saturated carbocycles. The van der Waals surface area contributed by atoms with Gasteiger partial charge in [0.1, 0.15) is 5.75 Å². The van der Waals surface area contributed by atoms with Crippen molar-refractivity contribution in [1.82, 2.24) is 5.32 Å². The second kappa shape index (κ2) is 7.02. The molecule has 1 amide bonds. The van der Waals surface area contributed by atoms with Crippen LogP contribution in [0.15, 0.2) is 62.9 Å². The van der Waals surface area contributed by atoms with Gasteiger partial charge in [-0.05, 0) is 53.7 Å². The molecular formula is C17H13BrN2O2S. The number of carbonyl (C=O) groups excluding carboxylic acids is 1. The van der Waals surface area contributed by atoms with Crippen LogP contribution in [-0.4, -0.2) is 18.2 Å². The van der Waals surface area contributed by atoms with Crippen LogP contribution in [-0.2, 0) is 4.79 Å². The number of benzene rings is 2. The number of rotatable bonds is 3. The number of amidine groups is 1. The molecule has 0 atom stereocenters. The predicted octanol–water partition coefficient (Wildman–Crippen LogP) is 4.35. The van der Waals surface area contributed by atoms with Gasteiger partial charge in [-0.15, -0.1) is 0 Å². The van der Waals surface area contributed by atoms with Gasteiger partial charge in [-0.3, -0.25) is 4.79 Å². The monoisotopic (exact) mass is 388 g/mol. The van der Waals surface area contributed by atoms with E-state index in [2.05, 4.69) is 26.2 Å². The maximum Gasteiger partial charge on any atom is 0.264 e. The van der Waals surface area contributed by atoms with Crippen LogP contribution in [0.5, 0.6) is 5.75 Å². The first-order valence-electron chi connectivity index (χ1n) is 6.84. The van der Waals surface area contributed by atoms with Crippen LogP contribution >= 0.6 is 27.7 Å². The minimum Gasteiger partial charge on any atom is -0.497 e. The number of hydrogen-bond donors (Lipinski definition) is 1. The van der Waals surface area contributed by atoms with Crippen molar-refractivity contribution in [2.75, 3.05) is 7.11 Å². The zero-order chi connectivity index (χ0) is 16.2. The van der Waals surface area contributed by atoms with Crippen LogP contribution in [0, 0.1) is 0 Å². The van der Waals surface area contributed by atoms with Crippen LogP contribution in [0.3, 0.4) is 0 Å². The Bertz CT molecular complexity index is 800. The lowest BCUT2D eigenvalue weighted by Gasteiger charge is -2.00. The van der Waals surface area contributed by atoms with E-state index in [1.54, 1.807) is 7.11 Å². The number of ether oxygens (including phenoxy) is 1. The third kappa shape index (κ3) is 3.83. The third-order valence-electron chi connectivity index (χ3n) is 3.15. The molecule has 23 heavy (non-hydrogen) atoms. The van der Waals surface area contributed by atoms with Crippen LogP contribution in [0.2, 0.25) is 0 Å². The number of carbonyl (C=O) groups is 1. The number of nitrogens with one attached hydrogen (secondary N) is 1. The number of thioether (sulfide) groups is 1. The molecule has 1 aliphatic rings. The highest BCUT2D eigenvalue weighted by Crippen LogP contribution is 2.30. The van der Waals surface area contributed by atoms with Gasteiger partial charge >= 0.3 is 0 Å². The molecule has 1 N–H and O–H groups in total. The van der Waals surface area contributed by atoms with Crippen molar-refractivity contribution in [3.63, 3.8) is 0 Å². The molecule has 1 fully saturated rings. The Morgan fingerprint density at radius 2 is 1.91 bits per heavy atom. The molecule has 0 spiro atoms. The molecule has 2 aromatic carbocycles. The van der Waals surface area contributed by atoms with E-state index in [4.69, 9.17) is 4.74 Å². The summed E-state index contributed by atoms with van der Waals surface area (Å²) < 4.78 is 6.06. The fourth-order valence-electron chi connectivity index (χ4n) is 1.99. The van der Waals surface area contributed by atoms with Crippen molar-refractivity contribution in [2.45, 2.75) is 0 Å². The number of aliphatic imine (C=N–C) groups is 1. The van der Waals surface area contributed by atoms with Crippen LogP contribution in [0.25, 0.3) is 6.08 Å². The fourth-order valence-corrected chi connectivity index (χ4v) is 3.22. The van der Waals surface area contributed by atoms with Gasteiger partial charge in [0.2, 0.25) is 0 Å². The van der Waals surface area contributed by atoms with E-state index in [-0.39, 0.29) is 5.91 Å². The first kappa shape index (κ1) is 15.8. The maximum atomic E-state index is 12.1. The van der Waals surface area contributed by atoms with Gasteiger partial charge < -0.3 is 10.1 Å². The van der Waals surface area contributed by atoms with E-state index in [0.29, 0.717) is 10.1 Å². The Kier molecular flexibility index (Phi) is 4.83. The quantitative estimate of drug-likeness (QED) is 0.795. The summed E-state index contributed by atoms with van der Waals surface area (Å²) in [5.74, 6) is 0.629. The second-order valence-corrected chi connectivity index (χ2v) is 6.59. The summed E-state index contributed by atoms with van der Waals surface area (Å²) in [5, 5.41) is 3.35. The molecule has 0 aromatic heterocycles. The van der Waals surface area contributed by atoms with Crippen LogP contribution < -0.4 is 10.1 Å². The molecule has 3 rings (SSSR count). The van der Waals surface area contributed by atoms with Gasteiger partial charge in [0.15, 0.2) is 5.17 Å². The Balaban J connectivity index is 1.81. The molecule has 2 aromatic rings. The number of halogens is 1. The number of methoxy groups -OCH3 is 1. The first-order chi connectivity index (χ1) is 11.2. The van der Waals surface area contributed by atoms with Gasteiger partial charge in [-0.2, -0.15) is 0 Å². The van der Waals surface area contributed by atoms with E-state index >= 15 is 0 Å². The van der Waals surface area contributed by atoms with Crippen molar-refractivity contribution in [2.24, 2.45) is 4.99 Å². The van der Waals surface area contributed by atoms with Crippen LogP contribution in [0.4, 0.5) is 5.69 Å². The van der Waals surface area contributed by atoms with Gasteiger partial charge in [0.05, 0.1) is 17.7 Å². The zero-order valence-electron chi connectivity index (χ0n) is 12.2. The Labute approximate surface area is 146 Å². The summed E-state index contributed by atoms with van der Waals surface area (Å²) in [6.45, 7) is 0. The lowest BCUT2D eigenvalue weighted by atomic mass is 10.2. The summed E-state index contributed by atoms with van der Waals surface area (Å²) in [6, 6.07) is 15.1. The molecule has 0 radical (unpaired) electrons. The fraction of sp³-hybridized carbons (Fsp3) is 0.0588. The molecule has 0 aliphatic carbocycles. The van der Waals surface area contributed by atoms with Crippen molar-refractivity contribution in [3.05, 3.63) is 63.5 Å². The van der Waals surface area contributed by atoms with E-state index in [0.717, 1.165) is 21.5 Å². The Morgan fingerprint density at radius 3 is 2.61 bits per heavy atom.